The van der Waals surface area contributed by atoms with Crippen LogP contribution in [0.15, 0.2) is 5.38 Å². The minimum absolute atomic E-state index is 0.624. The van der Waals surface area contributed by atoms with Crippen molar-refractivity contribution in [3.8, 4) is 0 Å². The Morgan fingerprint density at radius 2 is 2.07 bits per heavy atom. The lowest BCUT2D eigenvalue weighted by atomic mass is 10.1. The SMILES string of the molecule is CCC(C)c1csc(CCC(C)C)n1. The molecule has 80 valence electrons. The fourth-order valence-electron chi connectivity index (χ4n) is 1.29. The van der Waals surface area contributed by atoms with Crippen LogP contribution in [-0.4, -0.2) is 4.98 Å². The molecule has 14 heavy (non-hydrogen) atoms. The first-order chi connectivity index (χ1) is 6.63. The Labute approximate surface area is 91.6 Å². The molecule has 0 N–H and O–H groups in total. The molecule has 1 aromatic heterocycles. The van der Waals surface area contributed by atoms with Crippen molar-refractivity contribution in [3.63, 3.8) is 0 Å². The molecule has 2 heteroatoms. The molecular weight excluding hydrogens is 190 g/mol. The van der Waals surface area contributed by atoms with Crippen molar-refractivity contribution in [3.05, 3.63) is 16.1 Å². The van der Waals surface area contributed by atoms with Crippen LogP contribution < -0.4 is 0 Å². The highest BCUT2D eigenvalue weighted by molar-refractivity contribution is 7.09. The van der Waals surface area contributed by atoms with Gasteiger partial charge in [-0.2, -0.15) is 0 Å². The van der Waals surface area contributed by atoms with E-state index in [0.29, 0.717) is 5.92 Å². The van der Waals surface area contributed by atoms with Crippen LogP contribution in [0.5, 0.6) is 0 Å². The van der Waals surface area contributed by atoms with Gasteiger partial charge in [-0.05, 0) is 31.1 Å². The van der Waals surface area contributed by atoms with E-state index in [1.807, 2.05) is 11.3 Å². The summed E-state index contributed by atoms with van der Waals surface area (Å²) < 4.78 is 0. The van der Waals surface area contributed by atoms with Gasteiger partial charge in [0.1, 0.15) is 0 Å². The molecule has 0 saturated carbocycles. The topological polar surface area (TPSA) is 12.9 Å². The van der Waals surface area contributed by atoms with Gasteiger partial charge in [0.05, 0.1) is 10.7 Å². The van der Waals surface area contributed by atoms with Gasteiger partial charge in [-0.15, -0.1) is 11.3 Å². The highest BCUT2D eigenvalue weighted by Crippen LogP contribution is 2.22. The molecular formula is C12H21NS. The van der Waals surface area contributed by atoms with Gasteiger partial charge in [-0.3, -0.25) is 0 Å². The van der Waals surface area contributed by atoms with E-state index in [4.69, 9.17) is 0 Å². The third-order valence-electron chi connectivity index (χ3n) is 2.62. The normalized spacial score (nSPS) is 13.5. The highest BCUT2D eigenvalue weighted by atomic mass is 32.1. The number of hydrogen-bond donors (Lipinski definition) is 0. The molecule has 0 amide bonds. The highest BCUT2D eigenvalue weighted by Gasteiger charge is 2.08. The van der Waals surface area contributed by atoms with Gasteiger partial charge in [0.15, 0.2) is 0 Å². The van der Waals surface area contributed by atoms with Crippen molar-refractivity contribution in [2.45, 2.75) is 52.9 Å². The molecule has 0 aliphatic carbocycles. The van der Waals surface area contributed by atoms with Crippen molar-refractivity contribution in [1.29, 1.82) is 0 Å². The van der Waals surface area contributed by atoms with Crippen LogP contribution >= 0.6 is 11.3 Å². The minimum atomic E-state index is 0.624. The maximum absolute atomic E-state index is 4.67. The van der Waals surface area contributed by atoms with E-state index >= 15 is 0 Å². The first-order valence-corrected chi connectivity index (χ1v) is 6.45. The summed E-state index contributed by atoms with van der Waals surface area (Å²) in [6, 6.07) is 0. The van der Waals surface area contributed by atoms with Crippen LogP contribution in [0.3, 0.4) is 0 Å². The van der Waals surface area contributed by atoms with Gasteiger partial charge >= 0.3 is 0 Å². The van der Waals surface area contributed by atoms with Gasteiger partial charge in [0.2, 0.25) is 0 Å². The molecule has 0 aliphatic heterocycles. The van der Waals surface area contributed by atoms with Gasteiger partial charge in [-0.25, -0.2) is 4.98 Å². The number of aryl methyl sites for hydroxylation is 1. The average molecular weight is 211 g/mol. The maximum Gasteiger partial charge on any atom is 0.0928 e. The number of rotatable bonds is 5. The quantitative estimate of drug-likeness (QED) is 0.709. The van der Waals surface area contributed by atoms with Crippen LogP contribution in [0.25, 0.3) is 0 Å². The Morgan fingerprint density at radius 1 is 1.36 bits per heavy atom. The van der Waals surface area contributed by atoms with Gasteiger partial charge in [0, 0.05) is 5.38 Å². The Balaban J connectivity index is 2.50. The molecule has 1 atom stereocenters. The van der Waals surface area contributed by atoms with E-state index in [1.165, 1.54) is 23.5 Å². The van der Waals surface area contributed by atoms with Crippen molar-refractivity contribution in [2.24, 2.45) is 5.92 Å². The fraction of sp³-hybridized carbons (Fsp3) is 0.750. The summed E-state index contributed by atoms with van der Waals surface area (Å²) in [5.41, 5.74) is 1.29. The lowest BCUT2D eigenvalue weighted by Crippen LogP contribution is -1.94. The molecule has 0 radical (unpaired) electrons. The Morgan fingerprint density at radius 3 is 2.64 bits per heavy atom. The van der Waals surface area contributed by atoms with Crippen LogP contribution in [0.1, 0.15) is 57.2 Å². The maximum atomic E-state index is 4.67. The summed E-state index contributed by atoms with van der Waals surface area (Å²) in [5.74, 6) is 1.41. The van der Waals surface area contributed by atoms with Crippen molar-refractivity contribution >= 4 is 11.3 Å². The monoisotopic (exact) mass is 211 g/mol. The zero-order chi connectivity index (χ0) is 10.6. The first kappa shape index (κ1) is 11.7. The minimum Gasteiger partial charge on any atom is -0.246 e. The van der Waals surface area contributed by atoms with Gasteiger partial charge in [0.25, 0.3) is 0 Å². The number of thiazole rings is 1. The smallest absolute Gasteiger partial charge is 0.0928 e. The molecule has 0 saturated heterocycles. The standard InChI is InChI=1S/C12H21NS/c1-5-10(4)11-8-14-12(13-11)7-6-9(2)3/h8-10H,5-7H2,1-4H3. The lowest BCUT2D eigenvalue weighted by molar-refractivity contribution is 0.584. The zero-order valence-corrected chi connectivity index (χ0v) is 10.5. The number of aromatic nitrogens is 1. The molecule has 1 rings (SSSR count). The second-order valence-corrected chi connectivity index (χ2v) is 5.35. The van der Waals surface area contributed by atoms with Crippen LogP contribution in [-0.2, 0) is 6.42 Å². The molecule has 0 aliphatic rings. The fourth-order valence-corrected chi connectivity index (χ4v) is 2.22. The predicted octanol–water partition coefficient (Wildman–Crippen LogP) is 4.25. The third-order valence-corrected chi connectivity index (χ3v) is 3.55. The molecule has 0 aromatic carbocycles. The van der Waals surface area contributed by atoms with E-state index in [9.17, 15) is 0 Å². The van der Waals surface area contributed by atoms with Crippen molar-refractivity contribution < 1.29 is 0 Å². The molecule has 0 spiro atoms. The Kier molecular flexibility index (Phi) is 4.59. The van der Waals surface area contributed by atoms with E-state index in [0.717, 1.165) is 12.3 Å². The lowest BCUT2D eigenvalue weighted by Gasteiger charge is -2.03. The molecule has 0 bridgehead atoms. The summed E-state index contributed by atoms with van der Waals surface area (Å²) in [7, 11) is 0. The Hall–Kier alpha value is -0.370. The third kappa shape index (κ3) is 3.41. The summed E-state index contributed by atoms with van der Waals surface area (Å²) in [6.45, 7) is 9.01. The molecule has 1 heterocycles. The van der Waals surface area contributed by atoms with Crippen LogP contribution in [0.2, 0.25) is 0 Å². The summed E-state index contributed by atoms with van der Waals surface area (Å²) >= 11 is 1.82. The van der Waals surface area contributed by atoms with Crippen LogP contribution in [0.4, 0.5) is 0 Å². The largest absolute Gasteiger partial charge is 0.246 e. The van der Waals surface area contributed by atoms with E-state index < -0.39 is 0 Å². The van der Waals surface area contributed by atoms with E-state index in [2.05, 4.69) is 38.1 Å². The number of hydrogen-bond acceptors (Lipinski definition) is 2. The summed E-state index contributed by atoms with van der Waals surface area (Å²) in [5, 5.41) is 3.54. The summed E-state index contributed by atoms with van der Waals surface area (Å²) in [6.07, 6.45) is 3.60. The van der Waals surface area contributed by atoms with Crippen molar-refractivity contribution in [2.75, 3.05) is 0 Å². The van der Waals surface area contributed by atoms with E-state index in [1.54, 1.807) is 0 Å². The molecule has 1 unspecified atom stereocenters. The van der Waals surface area contributed by atoms with Gasteiger partial charge < -0.3 is 0 Å². The molecule has 1 aromatic rings. The predicted molar refractivity (Wildman–Crippen MR) is 64.0 cm³/mol. The second kappa shape index (κ2) is 5.50. The average Bonchev–Trinajstić information content (AvgIpc) is 2.62. The Bertz CT molecular complexity index is 265. The van der Waals surface area contributed by atoms with Crippen LogP contribution in [0, 0.1) is 5.92 Å². The zero-order valence-electron chi connectivity index (χ0n) is 9.71. The molecule has 1 nitrogen and oxygen atoms in total. The van der Waals surface area contributed by atoms with Crippen molar-refractivity contribution in [1.82, 2.24) is 4.98 Å². The summed E-state index contributed by atoms with van der Waals surface area (Å²) in [4.78, 5) is 4.67. The first-order valence-electron chi connectivity index (χ1n) is 5.57. The second-order valence-electron chi connectivity index (χ2n) is 4.41. The van der Waals surface area contributed by atoms with E-state index in [-0.39, 0.29) is 0 Å². The molecule has 0 fully saturated rings. The number of nitrogens with zero attached hydrogens (tertiary/aromatic N) is 1. The van der Waals surface area contributed by atoms with Gasteiger partial charge in [-0.1, -0.05) is 27.7 Å².